The number of nitrogens with zero attached hydrogens (tertiary/aromatic N) is 3. The van der Waals surface area contributed by atoms with Crippen LogP contribution in [0, 0.1) is 11.8 Å². The Kier molecular flexibility index (Phi) is 4.03. The molecule has 0 atom stereocenters. The lowest BCUT2D eigenvalue weighted by Crippen LogP contribution is -2.11. The quantitative estimate of drug-likeness (QED) is 0.259. The number of hydrogen-bond donors (Lipinski definition) is 1. The maximum Gasteiger partial charge on any atom is 0.0880 e. The van der Waals surface area contributed by atoms with Crippen LogP contribution in [0.5, 0.6) is 0 Å². The molecule has 0 heterocycles. The fraction of sp³-hybridized carbons (Fsp3) is 0.385. The third-order valence-electron chi connectivity index (χ3n) is 2.36. The van der Waals surface area contributed by atoms with E-state index in [1.165, 1.54) is 5.56 Å². The molecule has 88 valence electrons. The van der Waals surface area contributed by atoms with Crippen LogP contribution in [-0.4, -0.2) is 6.54 Å². The molecular weight excluding hydrogens is 212 g/mol. The third kappa shape index (κ3) is 3.75. The van der Waals surface area contributed by atoms with Crippen molar-refractivity contribution in [2.24, 2.45) is 5.11 Å². The largest absolute Gasteiger partial charge is 0.398 e. The summed E-state index contributed by atoms with van der Waals surface area (Å²) in [6, 6.07) is 5.85. The first-order chi connectivity index (χ1) is 7.95. The second-order valence-electron chi connectivity index (χ2n) is 4.74. The van der Waals surface area contributed by atoms with Gasteiger partial charge in [0.2, 0.25) is 0 Å². The first-order valence-electron chi connectivity index (χ1n) is 5.35. The molecule has 1 aromatic rings. The Balaban J connectivity index is 3.05. The smallest absolute Gasteiger partial charge is 0.0880 e. The Morgan fingerprint density at radius 2 is 2.12 bits per heavy atom. The van der Waals surface area contributed by atoms with E-state index in [9.17, 15) is 0 Å². The van der Waals surface area contributed by atoms with Gasteiger partial charge in [-0.05, 0) is 28.6 Å². The summed E-state index contributed by atoms with van der Waals surface area (Å²) < 4.78 is 0. The van der Waals surface area contributed by atoms with E-state index in [2.05, 4.69) is 42.6 Å². The normalized spacial score (nSPS) is 10.1. The number of anilines is 1. The van der Waals surface area contributed by atoms with E-state index >= 15 is 0 Å². The molecule has 0 unspecified atom stereocenters. The van der Waals surface area contributed by atoms with Crippen LogP contribution in [-0.2, 0) is 5.41 Å². The van der Waals surface area contributed by atoms with Gasteiger partial charge in [-0.2, -0.15) is 0 Å². The van der Waals surface area contributed by atoms with E-state index in [1.807, 2.05) is 18.2 Å². The van der Waals surface area contributed by atoms with Crippen molar-refractivity contribution < 1.29 is 0 Å². The SMILES string of the molecule is CC(C)(C)c1ccc(N)c(C#CCN=[N+]=[N-])c1. The second kappa shape index (κ2) is 5.29. The average molecular weight is 228 g/mol. The minimum atomic E-state index is 0.0644. The molecule has 4 heteroatoms. The molecule has 1 aromatic carbocycles. The zero-order chi connectivity index (χ0) is 12.9. The highest BCUT2D eigenvalue weighted by Crippen LogP contribution is 2.25. The standard InChI is InChI=1S/C13H16N4/c1-13(2,3)11-6-7-12(14)10(9-11)5-4-8-16-17-15/h6-7,9H,8,14H2,1-3H3. The Labute approximate surface area is 101 Å². The molecule has 0 aromatic heterocycles. The van der Waals surface area contributed by atoms with Crippen molar-refractivity contribution in [1.82, 2.24) is 0 Å². The maximum absolute atomic E-state index is 8.13. The van der Waals surface area contributed by atoms with Crippen molar-refractivity contribution in [3.8, 4) is 11.8 Å². The molecule has 0 saturated carbocycles. The first kappa shape index (κ1) is 13.0. The Bertz CT molecular complexity index is 508. The monoisotopic (exact) mass is 228 g/mol. The van der Waals surface area contributed by atoms with Crippen molar-refractivity contribution in [2.45, 2.75) is 26.2 Å². The highest BCUT2D eigenvalue weighted by Gasteiger charge is 2.14. The van der Waals surface area contributed by atoms with E-state index in [-0.39, 0.29) is 12.0 Å². The van der Waals surface area contributed by atoms with Crippen molar-refractivity contribution in [1.29, 1.82) is 0 Å². The van der Waals surface area contributed by atoms with Gasteiger partial charge in [-0.3, -0.25) is 0 Å². The van der Waals surface area contributed by atoms with E-state index in [4.69, 9.17) is 11.3 Å². The number of nitrogens with two attached hydrogens (primary N) is 1. The summed E-state index contributed by atoms with van der Waals surface area (Å²) in [6.45, 7) is 6.57. The average Bonchev–Trinajstić information content (AvgIpc) is 2.25. The molecule has 17 heavy (non-hydrogen) atoms. The molecule has 0 radical (unpaired) electrons. The van der Waals surface area contributed by atoms with Gasteiger partial charge in [0.05, 0.1) is 6.54 Å². The van der Waals surface area contributed by atoms with Gasteiger partial charge in [0.1, 0.15) is 0 Å². The fourth-order valence-corrected chi connectivity index (χ4v) is 1.33. The van der Waals surface area contributed by atoms with Gasteiger partial charge in [0.15, 0.2) is 0 Å². The van der Waals surface area contributed by atoms with Crippen LogP contribution in [0.1, 0.15) is 31.9 Å². The highest BCUT2D eigenvalue weighted by atomic mass is 15.1. The van der Waals surface area contributed by atoms with Gasteiger partial charge in [0, 0.05) is 16.2 Å². The minimum absolute atomic E-state index is 0.0644. The molecule has 1 rings (SSSR count). The van der Waals surface area contributed by atoms with Crippen LogP contribution in [0.3, 0.4) is 0 Å². The lowest BCUT2D eigenvalue weighted by Gasteiger charge is -2.19. The highest BCUT2D eigenvalue weighted by molar-refractivity contribution is 5.57. The lowest BCUT2D eigenvalue weighted by atomic mass is 9.86. The molecule has 0 saturated heterocycles. The lowest BCUT2D eigenvalue weighted by molar-refractivity contribution is 0.590. The molecule has 0 amide bonds. The number of azide groups is 1. The van der Waals surface area contributed by atoms with Gasteiger partial charge in [0.25, 0.3) is 0 Å². The zero-order valence-electron chi connectivity index (χ0n) is 10.4. The molecule has 0 fully saturated rings. The molecule has 4 nitrogen and oxygen atoms in total. The summed E-state index contributed by atoms with van der Waals surface area (Å²) in [5, 5.41) is 3.35. The summed E-state index contributed by atoms with van der Waals surface area (Å²) in [4.78, 5) is 2.64. The van der Waals surface area contributed by atoms with Gasteiger partial charge in [-0.15, -0.1) is 0 Å². The van der Waals surface area contributed by atoms with Crippen molar-refractivity contribution >= 4 is 5.69 Å². The maximum atomic E-state index is 8.13. The van der Waals surface area contributed by atoms with Crippen LogP contribution >= 0.6 is 0 Å². The summed E-state index contributed by atoms with van der Waals surface area (Å²) in [7, 11) is 0. The minimum Gasteiger partial charge on any atom is -0.398 e. The first-order valence-corrected chi connectivity index (χ1v) is 5.35. The third-order valence-corrected chi connectivity index (χ3v) is 2.36. The van der Waals surface area contributed by atoms with E-state index in [0.717, 1.165) is 5.56 Å². The Morgan fingerprint density at radius 1 is 1.41 bits per heavy atom. The molecule has 2 N–H and O–H groups in total. The molecule has 0 aliphatic carbocycles. The van der Waals surface area contributed by atoms with Gasteiger partial charge >= 0.3 is 0 Å². The van der Waals surface area contributed by atoms with Crippen LogP contribution in [0.2, 0.25) is 0 Å². The van der Waals surface area contributed by atoms with Crippen LogP contribution in [0.15, 0.2) is 23.3 Å². The Hall–Kier alpha value is -2.11. The number of benzene rings is 1. The predicted octanol–water partition coefficient (Wildman–Crippen LogP) is 3.23. The molecule has 0 aliphatic rings. The van der Waals surface area contributed by atoms with E-state index in [1.54, 1.807) is 0 Å². The fourth-order valence-electron chi connectivity index (χ4n) is 1.33. The predicted molar refractivity (Wildman–Crippen MR) is 70.4 cm³/mol. The van der Waals surface area contributed by atoms with Gasteiger partial charge in [-0.1, -0.05) is 43.8 Å². The van der Waals surface area contributed by atoms with Gasteiger partial charge < -0.3 is 5.73 Å². The summed E-state index contributed by atoms with van der Waals surface area (Å²) in [5.74, 6) is 5.69. The van der Waals surface area contributed by atoms with E-state index < -0.39 is 0 Å². The summed E-state index contributed by atoms with van der Waals surface area (Å²) in [5.41, 5.74) is 16.6. The van der Waals surface area contributed by atoms with Crippen molar-refractivity contribution in [3.63, 3.8) is 0 Å². The van der Waals surface area contributed by atoms with Gasteiger partial charge in [-0.25, -0.2) is 0 Å². The van der Waals surface area contributed by atoms with Crippen LogP contribution < -0.4 is 5.73 Å². The van der Waals surface area contributed by atoms with Crippen LogP contribution in [0.4, 0.5) is 5.69 Å². The van der Waals surface area contributed by atoms with E-state index in [0.29, 0.717) is 5.69 Å². The Morgan fingerprint density at radius 3 is 2.71 bits per heavy atom. The zero-order valence-corrected chi connectivity index (χ0v) is 10.4. The van der Waals surface area contributed by atoms with Crippen molar-refractivity contribution in [2.75, 3.05) is 12.3 Å². The number of rotatable bonds is 1. The second-order valence-corrected chi connectivity index (χ2v) is 4.74. The van der Waals surface area contributed by atoms with Crippen molar-refractivity contribution in [3.05, 3.63) is 39.8 Å². The molecule has 0 aliphatic heterocycles. The summed E-state index contributed by atoms with van der Waals surface area (Å²) >= 11 is 0. The molecule has 0 spiro atoms. The van der Waals surface area contributed by atoms with Crippen LogP contribution in [0.25, 0.3) is 10.4 Å². The number of hydrogen-bond acceptors (Lipinski definition) is 2. The molecular formula is C13H16N4. The summed E-state index contributed by atoms with van der Waals surface area (Å²) in [6.07, 6.45) is 0. The number of nitrogen functional groups attached to an aromatic ring is 1. The topological polar surface area (TPSA) is 74.8 Å². The molecule has 0 bridgehead atoms.